The second-order valence-electron chi connectivity index (χ2n) is 7.05. The molecule has 1 fully saturated rings. The average Bonchev–Trinajstić information content (AvgIpc) is 3.08. The van der Waals surface area contributed by atoms with Crippen LogP contribution in [0.3, 0.4) is 0 Å². The zero-order valence-corrected chi connectivity index (χ0v) is 14.9. The SMILES string of the molecule is CC(C)(C)c1ccc(N2CCN(C(=O)c3cccs3)CC2)cc1. The van der Waals surface area contributed by atoms with E-state index in [1.54, 1.807) is 0 Å². The summed E-state index contributed by atoms with van der Waals surface area (Å²) in [6.07, 6.45) is 0. The molecule has 0 radical (unpaired) electrons. The summed E-state index contributed by atoms with van der Waals surface area (Å²) in [5, 5.41) is 1.96. The lowest BCUT2D eigenvalue weighted by molar-refractivity contribution is 0.0751. The van der Waals surface area contributed by atoms with Gasteiger partial charge in [-0.25, -0.2) is 0 Å². The van der Waals surface area contributed by atoms with Gasteiger partial charge in [-0.05, 0) is 34.6 Å². The van der Waals surface area contributed by atoms with Gasteiger partial charge in [0.05, 0.1) is 4.88 Å². The summed E-state index contributed by atoms with van der Waals surface area (Å²) in [4.78, 5) is 17.5. The molecular formula is C19H24N2OS. The van der Waals surface area contributed by atoms with Crippen molar-refractivity contribution in [1.82, 2.24) is 4.90 Å². The molecule has 1 aliphatic heterocycles. The van der Waals surface area contributed by atoms with E-state index in [2.05, 4.69) is 49.9 Å². The van der Waals surface area contributed by atoms with Gasteiger partial charge in [-0.15, -0.1) is 11.3 Å². The molecule has 2 aromatic rings. The topological polar surface area (TPSA) is 23.6 Å². The van der Waals surface area contributed by atoms with E-state index in [0.29, 0.717) is 0 Å². The van der Waals surface area contributed by atoms with Gasteiger partial charge in [0, 0.05) is 31.9 Å². The first-order chi connectivity index (χ1) is 10.9. The van der Waals surface area contributed by atoms with Crippen LogP contribution in [0.2, 0.25) is 0 Å². The Kier molecular flexibility index (Phi) is 4.44. The molecule has 23 heavy (non-hydrogen) atoms. The number of hydrogen-bond donors (Lipinski definition) is 0. The fourth-order valence-corrected chi connectivity index (χ4v) is 3.59. The highest BCUT2D eigenvalue weighted by Crippen LogP contribution is 2.25. The van der Waals surface area contributed by atoms with Crippen molar-refractivity contribution in [2.75, 3.05) is 31.1 Å². The molecule has 1 aromatic carbocycles. The molecule has 2 heterocycles. The van der Waals surface area contributed by atoms with E-state index in [0.717, 1.165) is 31.1 Å². The molecule has 4 heteroatoms. The van der Waals surface area contributed by atoms with Crippen molar-refractivity contribution in [2.45, 2.75) is 26.2 Å². The molecule has 3 nitrogen and oxygen atoms in total. The first kappa shape index (κ1) is 16.1. The van der Waals surface area contributed by atoms with Gasteiger partial charge in [-0.1, -0.05) is 39.0 Å². The van der Waals surface area contributed by atoms with E-state index in [4.69, 9.17) is 0 Å². The number of amides is 1. The monoisotopic (exact) mass is 328 g/mol. The molecule has 1 saturated heterocycles. The predicted molar refractivity (Wildman–Crippen MR) is 97.6 cm³/mol. The van der Waals surface area contributed by atoms with Crippen LogP contribution in [0.25, 0.3) is 0 Å². The minimum Gasteiger partial charge on any atom is -0.368 e. The summed E-state index contributed by atoms with van der Waals surface area (Å²) in [6.45, 7) is 10.1. The first-order valence-corrected chi connectivity index (χ1v) is 9.01. The van der Waals surface area contributed by atoms with Crippen LogP contribution in [-0.4, -0.2) is 37.0 Å². The summed E-state index contributed by atoms with van der Waals surface area (Å²) in [5.74, 6) is 0.169. The number of carbonyl (C=O) groups is 1. The Morgan fingerprint density at radius 1 is 1.00 bits per heavy atom. The minimum atomic E-state index is 0.169. The Bertz CT molecular complexity index is 648. The Labute approximate surface area is 142 Å². The minimum absolute atomic E-state index is 0.169. The molecule has 0 N–H and O–H groups in total. The summed E-state index contributed by atoms with van der Waals surface area (Å²) in [6, 6.07) is 12.7. The zero-order valence-electron chi connectivity index (χ0n) is 14.1. The third-order valence-corrected chi connectivity index (χ3v) is 5.26. The van der Waals surface area contributed by atoms with Crippen molar-refractivity contribution in [3.8, 4) is 0 Å². The summed E-state index contributed by atoms with van der Waals surface area (Å²) in [7, 11) is 0. The molecule has 0 saturated carbocycles. The molecule has 0 bridgehead atoms. The molecule has 0 aliphatic carbocycles. The highest BCUT2D eigenvalue weighted by atomic mass is 32.1. The molecule has 0 spiro atoms. The Hall–Kier alpha value is -1.81. The van der Waals surface area contributed by atoms with Crippen molar-refractivity contribution < 1.29 is 4.79 Å². The standard InChI is InChI=1S/C19H24N2OS/c1-19(2,3)15-6-8-16(9-7-15)20-10-12-21(13-11-20)18(22)17-5-4-14-23-17/h4-9,14H,10-13H2,1-3H3. The number of hydrogen-bond acceptors (Lipinski definition) is 3. The maximum absolute atomic E-state index is 12.4. The largest absolute Gasteiger partial charge is 0.368 e. The maximum atomic E-state index is 12.4. The second kappa shape index (κ2) is 6.36. The van der Waals surface area contributed by atoms with Crippen LogP contribution in [0.1, 0.15) is 36.0 Å². The van der Waals surface area contributed by atoms with Crippen LogP contribution in [0, 0.1) is 0 Å². The fourth-order valence-electron chi connectivity index (χ4n) is 2.90. The van der Waals surface area contributed by atoms with Gasteiger partial charge < -0.3 is 9.80 Å². The highest BCUT2D eigenvalue weighted by Gasteiger charge is 2.23. The van der Waals surface area contributed by atoms with Gasteiger partial charge in [0.15, 0.2) is 0 Å². The van der Waals surface area contributed by atoms with Crippen molar-refractivity contribution in [3.05, 3.63) is 52.2 Å². The number of thiophene rings is 1. The third kappa shape index (κ3) is 3.58. The van der Waals surface area contributed by atoms with E-state index >= 15 is 0 Å². The van der Waals surface area contributed by atoms with Crippen LogP contribution >= 0.6 is 11.3 Å². The van der Waals surface area contributed by atoms with Crippen LogP contribution in [0.5, 0.6) is 0 Å². The van der Waals surface area contributed by atoms with Gasteiger partial charge in [0.2, 0.25) is 0 Å². The Morgan fingerprint density at radius 2 is 1.65 bits per heavy atom. The zero-order chi connectivity index (χ0) is 16.4. The molecular weight excluding hydrogens is 304 g/mol. The molecule has 122 valence electrons. The van der Waals surface area contributed by atoms with Crippen LogP contribution < -0.4 is 4.90 Å². The van der Waals surface area contributed by atoms with Crippen LogP contribution in [-0.2, 0) is 5.41 Å². The molecule has 1 amide bonds. The van der Waals surface area contributed by atoms with E-state index < -0.39 is 0 Å². The third-order valence-electron chi connectivity index (χ3n) is 4.40. The quantitative estimate of drug-likeness (QED) is 0.831. The van der Waals surface area contributed by atoms with Crippen molar-refractivity contribution >= 4 is 22.9 Å². The van der Waals surface area contributed by atoms with Gasteiger partial charge in [-0.3, -0.25) is 4.79 Å². The van der Waals surface area contributed by atoms with Gasteiger partial charge in [0.1, 0.15) is 0 Å². The van der Waals surface area contributed by atoms with Gasteiger partial charge in [-0.2, -0.15) is 0 Å². The van der Waals surface area contributed by atoms with Gasteiger partial charge >= 0.3 is 0 Å². The lowest BCUT2D eigenvalue weighted by Gasteiger charge is -2.36. The molecule has 1 aromatic heterocycles. The first-order valence-electron chi connectivity index (χ1n) is 8.13. The van der Waals surface area contributed by atoms with Crippen molar-refractivity contribution in [1.29, 1.82) is 0 Å². The lowest BCUT2D eigenvalue weighted by atomic mass is 9.87. The average molecular weight is 328 g/mol. The fraction of sp³-hybridized carbons (Fsp3) is 0.421. The molecule has 0 atom stereocenters. The number of piperazine rings is 1. The second-order valence-corrected chi connectivity index (χ2v) is 8.00. The predicted octanol–water partition coefficient (Wildman–Crippen LogP) is 4.01. The Balaban J connectivity index is 1.62. The summed E-state index contributed by atoms with van der Waals surface area (Å²) < 4.78 is 0. The number of rotatable bonds is 2. The number of nitrogens with zero attached hydrogens (tertiary/aromatic N) is 2. The van der Waals surface area contributed by atoms with Crippen molar-refractivity contribution in [2.24, 2.45) is 0 Å². The lowest BCUT2D eigenvalue weighted by Crippen LogP contribution is -2.48. The van der Waals surface area contributed by atoms with Crippen LogP contribution in [0.4, 0.5) is 5.69 Å². The number of benzene rings is 1. The highest BCUT2D eigenvalue weighted by molar-refractivity contribution is 7.12. The smallest absolute Gasteiger partial charge is 0.264 e. The Morgan fingerprint density at radius 3 is 2.17 bits per heavy atom. The number of carbonyl (C=O) groups excluding carboxylic acids is 1. The van der Waals surface area contributed by atoms with E-state index in [-0.39, 0.29) is 11.3 Å². The molecule has 0 unspecified atom stereocenters. The summed E-state index contributed by atoms with van der Waals surface area (Å²) in [5.41, 5.74) is 2.79. The van der Waals surface area contributed by atoms with Crippen LogP contribution in [0.15, 0.2) is 41.8 Å². The van der Waals surface area contributed by atoms with E-state index in [1.807, 2.05) is 22.4 Å². The maximum Gasteiger partial charge on any atom is 0.264 e. The van der Waals surface area contributed by atoms with E-state index in [9.17, 15) is 4.79 Å². The molecule has 1 aliphatic rings. The summed E-state index contributed by atoms with van der Waals surface area (Å²) >= 11 is 1.52. The normalized spacial score (nSPS) is 15.8. The molecule has 3 rings (SSSR count). The van der Waals surface area contributed by atoms with Crippen molar-refractivity contribution in [3.63, 3.8) is 0 Å². The number of anilines is 1. The van der Waals surface area contributed by atoms with E-state index in [1.165, 1.54) is 22.6 Å². The van der Waals surface area contributed by atoms with Gasteiger partial charge in [0.25, 0.3) is 5.91 Å².